The van der Waals surface area contributed by atoms with Crippen molar-refractivity contribution in [2.24, 2.45) is 7.05 Å². The number of anilines is 1. The molecule has 0 aliphatic rings. The first-order valence-corrected chi connectivity index (χ1v) is 5.93. The first-order valence-electron chi connectivity index (χ1n) is 5.11. The molecular formula is C11H12N4O2S. The molecule has 0 bridgehead atoms. The molecule has 6 nitrogen and oxygen atoms in total. The summed E-state index contributed by atoms with van der Waals surface area (Å²) in [4.78, 5) is 12.2. The third kappa shape index (κ3) is 2.45. The number of nitrogens with two attached hydrogens (primary N) is 1. The summed E-state index contributed by atoms with van der Waals surface area (Å²) < 4.78 is 6.42. The minimum Gasteiger partial charge on any atom is -0.465 e. The van der Waals surface area contributed by atoms with Gasteiger partial charge in [0.15, 0.2) is 5.16 Å². The van der Waals surface area contributed by atoms with E-state index in [-0.39, 0.29) is 0 Å². The summed E-state index contributed by atoms with van der Waals surface area (Å²) >= 11 is 1.39. The molecule has 7 heteroatoms. The maximum absolute atomic E-state index is 11.3. The van der Waals surface area contributed by atoms with E-state index in [9.17, 15) is 4.79 Å². The molecule has 0 amide bonds. The molecule has 2 aromatic rings. The molecule has 94 valence electrons. The highest BCUT2D eigenvalue weighted by atomic mass is 32.2. The number of carbonyl (C=O) groups is 1. The number of hydrogen-bond donors (Lipinski definition) is 1. The molecule has 0 spiro atoms. The maximum Gasteiger partial charge on any atom is 0.337 e. The van der Waals surface area contributed by atoms with Gasteiger partial charge in [-0.1, -0.05) is 0 Å². The summed E-state index contributed by atoms with van der Waals surface area (Å²) in [5, 5.41) is 8.47. The van der Waals surface area contributed by atoms with Crippen LogP contribution in [0.25, 0.3) is 0 Å². The lowest BCUT2D eigenvalue weighted by molar-refractivity contribution is 0.0600. The van der Waals surface area contributed by atoms with Crippen LogP contribution >= 0.6 is 11.8 Å². The Morgan fingerprint density at radius 3 is 2.83 bits per heavy atom. The zero-order valence-electron chi connectivity index (χ0n) is 9.95. The fraction of sp³-hybridized carbons (Fsp3) is 0.182. The number of aryl methyl sites for hydroxylation is 1. The average Bonchev–Trinajstić information content (AvgIpc) is 2.76. The normalized spacial score (nSPS) is 10.3. The molecule has 2 N–H and O–H groups in total. The summed E-state index contributed by atoms with van der Waals surface area (Å²) in [6, 6.07) is 5.02. The summed E-state index contributed by atoms with van der Waals surface area (Å²) in [7, 11) is 3.18. The van der Waals surface area contributed by atoms with Gasteiger partial charge in [-0.15, -0.1) is 10.2 Å². The van der Waals surface area contributed by atoms with Crippen molar-refractivity contribution in [1.29, 1.82) is 0 Å². The van der Waals surface area contributed by atoms with Gasteiger partial charge < -0.3 is 15.0 Å². The van der Waals surface area contributed by atoms with E-state index >= 15 is 0 Å². The molecule has 0 aliphatic heterocycles. The molecule has 1 aromatic heterocycles. The number of methoxy groups -OCH3 is 1. The zero-order valence-corrected chi connectivity index (χ0v) is 10.8. The molecule has 0 radical (unpaired) electrons. The highest BCUT2D eigenvalue weighted by Gasteiger charge is 2.10. The van der Waals surface area contributed by atoms with E-state index in [1.54, 1.807) is 29.1 Å². The van der Waals surface area contributed by atoms with Gasteiger partial charge >= 0.3 is 5.97 Å². The van der Waals surface area contributed by atoms with Crippen LogP contribution in [0.2, 0.25) is 0 Å². The molecule has 0 saturated heterocycles. The maximum atomic E-state index is 11.3. The smallest absolute Gasteiger partial charge is 0.337 e. The van der Waals surface area contributed by atoms with Gasteiger partial charge in [0.1, 0.15) is 6.33 Å². The lowest BCUT2D eigenvalue weighted by atomic mass is 10.2. The number of aromatic nitrogens is 3. The minimum atomic E-state index is -0.406. The Balaban J connectivity index is 2.25. The van der Waals surface area contributed by atoms with Crippen molar-refractivity contribution in [3.8, 4) is 0 Å². The number of ether oxygens (including phenoxy) is 1. The van der Waals surface area contributed by atoms with Crippen LogP contribution in [-0.2, 0) is 11.8 Å². The molecule has 0 saturated carbocycles. The van der Waals surface area contributed by atoms with Gasteiger partial charge in [0.25, 0.3) is 0 Å². The molecular weight excluding hydrogens is 252 g/mol. The number of rotatable bonds is 3. The van der Waals surface area contributed by atoms with E-state index in [0.717, 1.165) is 10.1 Å². The number of hydrogen-bond acceptors (Lipinski definition) is 6. The van der Waals surface area contributed by atoms with Crippen molar-refractivity contribution in [2.75, 3.05) is 12.8 Å². The van der Waals surface area contributed by atoms with Crippen molar-refractivity contribution in [2.45, 2.75) is 10.1 Å². The van der Waals surface area contributed by atoms with Gasteiger partial charge in [0, 0.05) is 17.6 Å². The van der Waals surface area contributed by atoms with E-state index in [0.29, 0.717) is 11.3 Å². The van der Waals surface area contributed by atoms with Crippen molar-refractivity contribution in [1.82, 2.24) is 14.8 Å². The minimum absolute atomic E-state index is 0.406. The van der Waals surface area contributed by atoms with Crippen LogP contribution in [-0.4, -0.2) is 27.8 Å². The molecule has 1 heterocycles. The van der Waals surface area contributed by atoms with E-state index < -0.39 is 5.97 Å². The molecule has 0 fully saturated rings. The van der Waals surface area contributed by atoms with Gasteiger partial charge in [0.05, 0.1) is 12.7 Å². The largest absolute Gasteiger partial charge is 0.465 e. The fourth-order valence-corrected chi connectivity index (χ4v) is 2.14. The Bertz CT molecular complexity index is 582. The zero-order chi connectivity index (χ0) is 13.1. The Kier molecular flexibility index (Phi) is 3.52. The van der Waals surface area contributed by atoms with E-state index in [4.69, 9.17) is 5.73 Å². The van der Waals surface area contributed by atoms with E-state index in [1.807, 2.05) is 7.05 Å². The summed E-state index contributed by atoms with van der Waals surface area (Å²) in [5.41, 5.74) is 6.83. The highest BCUT2D eigenvalue weighted by Crippen LogP contribution is 2.30. The highest BCUT2D eigenvalue weighted by molar-refractivity contribution is 7.99. The SMILES string of the molecule is COC(=O)c1ccc(Sc2nncn2C)c(N)c1. The van der Waals surface area contributed by atoms with Crippen LogP contribution < -0.4 is 5.73 Å². The van der Waals surface area contributed by atoms with Crippen LogP contribution in [0.3, 0.4) is 0 Å². The number of esters is 1. The second kappa shape index (κ2) is 5.09. The third-order valence-electron chi connectivity index (χ3n) is 2.30. The summed E-state index contributed by atoms with van der Waals surface area (Å²) in [6.07, 6.45) is 1.61. The first kappa shape index (κ1) is 12.4. The van der Waals surface area contributed by atoms with E-state index in [2.05, 4.69) is 14.9 Å². The van der Waals surface area contributed by atoms with Gasteiger partial charge in [-0.3, -0.25) is 0 Å². The predicted octanol–water partition coefficient (Wildman–Crippen LogP) is 1.34. The number of carbonyl (C=O) groups excluding carboxylic acids is 1. The quantitative estimate of drug-likeness (QED) is 0.665. The third-order valence-corrected chi connectivity index (χ3v) is 3.45. The van der Waals surface area contributed by atoms with Crippen LogP contribution in [0.5, 0.6) is 0 Å². The Hall–Kier alpha value is -2.02. The van der Waals surface area contributed by atoms with Crippen LogP contribution in [0, 0.1) is 0 Å². The van der Waals surface area contributed by atoms with Crippen LogP contribution in [0.1, 0.15) is 10.4 Å². The number of benzene rings is 1. The van der Waals surface area contributed by atoms with Crippen molar-refractivity contribution >= 4 is 23.4 Å². The molecule has 0 unspecified atom stereocenters. The number of nitrogens with zero attached hydrogens (tertiary/aromatic N) is 3. The van der Waals surface area contributed by atoms with Gasteiger partial charge in [0.2, 0.25) is 0 Å². The molecule has 18 heavy (non-hydrogen) atoms. The van der Waals surface area contributed by atoms with Gasteiger partial charge in [-0.25, -0.2) is 4.79 Å². The van der Waals surface area contributed by atoms with Crippen molar-refractivity contribution in [3.63, 3.8) is 0 Å². The Morgan fingerprint density at radius 1 is 1.50 bits per heavy atom. The average molecular weight is 264 g/mol. The topological polar surface area (TPSA) is 83.0 Å². The molecule has 0 atom stereocenters. The lowest BCUT2D eigenvalue weighted by Crippen LogP contribution is -2.02. The van der Waals surface area contributed by atoms with Crippen LogP contribution in [0.15, 0.2) is 34.6 Å². The second-order valence-electron chi connectivity index (χ2n) is 3.57. The standard InChI is InChI=1S/C11H12N4O2S/c1-15-6-13-14-11(15)18-9-4-3-7(5-8(9)12)10(16)17-2/h3-6H,12H2,1-2H3. The molecule has 0 aliphatic carbocycles. The van der Waals surface area contributed by atoms with E-state index in [1.165, 1.54) is 18.9 Å². The Labute approximate surface area is 108 Å². The summed E-state index contributed by atoms with van der Waals surface area (Å²) in [6.45, 7) is 0. The fourth-order valence-electron chi connectivity index (χ4n) is 1.35. The second-order valence-corrected chi connectivity index (χ2v) is 4.58. The van der Waals surface area contributed by atoms with Gasteiger partial charge in [-0.05, 0) is 30.0 Å². The number of nitrogen functional groups attached to an aromatic ring is 1. The first-order chi connectivity index (χ1) is 8.61. The summed E-state index contributed by atoms with van der Waals surface area (Å²) in [5.74, 6) is -0.406. The monoisotopic (exact) mass is 264 g/mol. The van der Waals surface area contributed by atoms with Crippen LogP contribution in [0.4, 0.5) is 5.69 Å². The lowest BCUT2D eigenvalue weighted by Gasteiger charge is -2.06. The Morgan fingerprint density at radius 2 is 2.28 bits per heavy atom. The predicted molar refractivity (Wildman–Crippen MR) is 67.3 cm³/mol. The molecule has 2 rings (SSSR count). The van der Waals surface area contributed by atoms with Crippen molar-refractivity contribution in [3.05, 3.63) is 30.1 Å². The molecule has 1 aromatic carbocycles. The van der Waals surface area contributed by atoms with Gasteiger partial charge in [-0.2, -0.15) is 0 Å². The van der Waals surface area contributed by atoms with Crippen molar-refractivity contribution < 1.29 is 9.53 Å².